The predicted octanol–water partition coefficient (Wildman–Crippen LogP) is 3.57. The van der Waals surface area contributed by atoms with E-state index >= 15 is 0 Å². The molecule has 0 aliphatic heterocycles. The standard InChI is InChI=1S/C12H9ClN2S/c1-8-11(7-14)16-12(15-8)6-9-2-4-10(13)5-3-9/h2-5H,6H2,1H3. The number of thiazole rings is 1. The van der Waals surface area contributed by atoms with E-state index in [9.17, 15) is 0 Å². The normalized spacial score (nSPS) is 10.1. The molecule has 0 N–H and O–H groups in total. The first-order valence-electron chi connectivity index (χ1n) is 4.80. The Morgan fingerprint density at radius 2 is 2.06 bits per heavy atom. The van der Waals surface area contributed by atoms with Crippen LogP contribution in [0.5, 0.6) is 0 Å². The zero-order valence-electron chi connectivity index (χ0n) is 8.70. The van der Waals surface area contributed by atoms with Gasteiger partial charge in [-0.1, -0.05) is 23.7 Å². The Morgan fingerprint density at radius 3 is 2.62 bits per heavy atom. The average Bonchev–Trinajstić information content (AvgIpc) is 2.62. The minimum Gasteiger partial charge on any atom is -0.245 e. The van der Waals surface area contributed by atoms with Gasteiger partial charge in [-0.3, -0.25) is 0 Å². The van der Waals surface area contributed by atoms with Crippen molar-refractivity contribution >= 4 is 22.9 Å². The maximum absolute atomic E-state index is 8.84. The Bertz CT molecular complexity index is 537. The molecule has 2 rings (SSSR count). The van der Waals surface area contributed by atoms with Crippen molar-refractivity contribution in [1.82, 2.24) is 4.98 Å². The molecule has 0 aliphatic carbocycles. The highest BCUT2D eigenvalue weighted by atomic mass is 35.5. The van der Waals surface area contributed by atoms with Gasteiger partial charge in [0.15, 0.2) is 0 Å². The van der Waals surface area contributed by atoms with Gasteiger partial charge in [-0.15, -0.1) is 11.3 Å². The molecule has 0 aliphatic rings. The van der Waals surface area contributed by atoms with Crippen LogP contribution in [-0.4, -0.2) is 4.98 Å². The van der Waals surface area contributed by atoms with Crippen LogP contribution in [0.4, 0.5) is 0 Å². The predicted molar refractivity (Wildman–Crippen MR) is 65.8 cm³/mol. The van der Waals surface area contributed by atoms with E-state index in [2.05, 4.69) is 11.1 Å². The van der Waals surface area contributed by atoms with Gasteiger partial charge in [0, 0.05) is 11.4 Å². The van der Waals surface area contributed by atoms with Crippen LogP contribution >= 0.6 is 22.9 Å². The summed E-state index contributed by atoms with van der Waals surface area (Å²) in [5, 5.41) is 10.5. The van der Waals surface area contributed by atoms with Crippen molar-refractivity contribution in [1.29, 1.82) is 5.26 Å². The van der Waals surface area contributed by atoms with Gasteiger partial charge in [-0.25, -0.2) is 4.98 Å². The fourth-order valence-corrected chi connectivity index (χ4v) is 2.43. The second-order valence-corrected chi connectivity index (χ2v) is 4.96. The van der Waals surface area contributed by atoms with Crippen LogP contribution in [0.25, 0.3) is 0 Å². The van der Waals surface area contributed by atoms with Gasteiger partial charge in [-0.2, -0.15) is 5.26 Å². The molecule has 80 valence electrons. The lowest BCUT2D eigenvalue weighted by atomic mass is 10.2. The van der Waals surface area contributed by atoms with E-state index in [4.69, 9.17) is 16.9 Å². The number of halogens is 1. The third kappa shape index (κ3) is 2.41. The van der Waals surface area contributed by atoms with E-state index < -0.39 is 0 Å². The van der Waals surface area contributed by atoms with Gasteiger partial charge >= 0.3 is 0 Å². The number of hydrogen-bond acceptors (Lipinski definition) is 3. The number of nitrogens with zero attached hydrogens (tertiary/aromatic N) is 2. The first-order chi connectivity index (χ1) is 7.69. The Morgan fingerprint density at radius 1 is 1.38 bits per heavy atom. The van der Waals surface area contributed by atoms with E-state index in [0.29, 0.717) is 4.88 Å². The van der Waals surface area contributed by atoms with Crippen LogP contribution in [0.1, 0.15) is 21.1 Å². The maximum Gasteiger partial charge on any atom is 0.127 e. The third-order valence-corrected chi connectivity index (χ3v) is 3.53. The van der Waals surface area contributed by atoms with Gasteiger partial charge in [0.05, 0.1) is 10.7 Å². The first-order valence-corrected chi connectivity index (χ1v) is 5.99. The summed E-state index contributed by atoms with van der Waals surface area (Å²) in [6.07, 6.45) is 0.754. The van der Waals surface area contributed by atoms with Gasteiger partial charge in [0.25, 0.3) is 0 Å². The molecule has 1 aromatic carbocycles. The molecule has 0 fully saturated rings. The van der Waals surface area contributed by atoms with E-state index in [1.807, 2.05) is 31.2 Å². The van der Waals surface area contributed by atoms with Crippen LogP contribution in [-0.2, 0) is 6.42 Å². The summed E-state index contributed by atoms with van der Waals surface area (Å²) in [4.78, 5) is 5.06. The summed E-state index contributed by atoms with van der Waals surface area (Å²) in [6, 6.07) is 9.83. The van der Waals surface area contributed by atoms with Crippen LogP contribution in [0.15, 0.2) is 24.3 Å². The van der Waals surface area contributed by atoms with Crippen LogP contribution in [0.2, 0.25) is 5.02 Å². The Labute approximate surface area is 103 Å². The molecule has 0 amide bonds. The topological polar surface area (TPSA) is 36.7 Å². The number of aryl methyl sites for hydroxylation is 1. The van der Waals surface area contributed by atoms with Crippen molar-refractivity contribution in [3.05, 3.63) is 50.4 Å². The Hall–Kier alpha value is -1.37. The number of hydrogen-bond donors (Lipinski definition) is 0. The molecule has 0 atom stereocenters. The first kappa shape index (κ1) is 11.1. The fourth-order valence-electron chi connectivity index (χ4n) is 1.41. The summed E-state index contributed by atoms with van der Waals surface area (Å²) in [6.45, 7) is 1.86. The molecule has 0 radical (unpaired) electrons. The zero-order valence-corrected chi connectivity index (χ0v) is 10.3. The van der Waals surface area contributed by atoms with E-state index in [1.165, 1.54) is 11.3 Å². The maximum atomic E-state index is 8.84. The second kappa shape index (κ2) is 4.65. The van der Waals surface area contributed by atoms with E-state index in [1.54, 1.807) is 0 Å². The summed E-state index contributed by atoms with van der Waals surface area (Å²) in [7, 11) is 0. The largest absolute Gasteiger partial charge is 0.245 e. The van der Waals surface area contributed by atoms with Crippen LogP contribution in [0.3, 0.4) is 0 Å². The minimum atomic E-state index is 0.698. The fraction of sp³-hybridized carbons (Fsp3) is 0.167. The van der Waals surface area contributed by atoms with Crippen molar-refractivity contribution < 1.29 is 0 Å². The van der Waals surface area contributed by atoms with Crippen molar-refractivity contribution in [3.8, 4) is 6.07 Å². The summed E-state index contributed by atoms with van der Waals surface area (Å²) < 4.78 is 0. The number of rotatable bonds is 2. The van der Waals surface area contributed by atoms with Crippen LogP contribution in [0, 0.1) is 18.3 Å². The lowest BCUT2D eigenvalue weighted by Gasteiger charge is -1.97. The molecule has 2 nitrogen and oxygen atoms in total. The lowest BCUT2D eigenvalue weighted by Crippen LogP contribution is -1.86. The van der Waals surface area contributed by atoms with Gasteiger partial charge in [-0.05, 0) is 24.6 Å². The highest BCUT2D eigenvalue weighted by Gasteiger charge is 2.07. The van der Waals surface area contributed by atoms with Crippen molar-refractivity contribution in [3.63, 3.8) is 0 Å². The quantitative estimate of drug-likeness (QED) is 0.815. The van der Waals surface area contributed by atoms with Crippen molar-refractivity contribution in [2.24, 2.45) is 0 Å². The smallest absolute Gasteiger partial charge is 0.127 e. The Balaban J connectivity index is 2.21. The SMILES string of the molecule is Cc1nc(Cc2ccc(Cl)cc2)sc1C#N. The van der Waals surface area contributed by atoms with Gasteiger partial charge < -0.3 is 0 Å². The molecular formula is C12H9ClN2S. The van der Waals surface area contributed by atoms with E-state index in [-0.39, 0.29) is 0 Å². The third-order valence-electron chi connectivity index (χ3n) is 2.21. The monoisotopic (exact) mass is 248 g/mol. The summed E-state index contributed by atoms with van der Waals surface area (Å²) in [5.74, 6) is 0. The second-order valence-electron chi connectivity index (χ2n) is 3.44. The number of nitriles is 1. The highest BCUT2D eigenvalue weighted by molar-refractivity contribution is 7.12. The molecule has 0 saturated carbocycles. The number of benzene rings is 1. The molecule has 1 heterocycles. The minimum absolute atomic E-state index is 0.698. The molecule has 0 unspecified atom stereocenters. The average molecular weight is 249 g/mol. The molecular weight excluding hydrogens is 240 g/mol. The summed E-state index contributed by atoms with van der Waals surface area (Å²) in [5.41, 5.74) is 1.97. The van der Waals surface area contributed by atoms with E-state index in [0.717, 1.165) is 27.7 Å². The van der Waals surface area contributed by atoms with Gasteiger partial charge in [0.1, 0.15) is 10.9 Å². The molecule has 0 spiro atoms. The van der Waals surface area contributed by atoms with Gasteiger partial charge in [0.2, 0.25) is 0 Å². The molecule has 1 aromatic heterocycles. The van der Waals surface area contributed by atoms with Crippen LogP contribution < -0.4 is 0 Å². The molecule has 0 bridgehead atoms. The van der Waals surface area contributed by atoms with Crippen molar-refractivity contribution in [2.45, 2.75) is 13.3 Å². The number of aromatic nitrogens is 1. The molecule has 4 heteroatoms. The Kier molecular flexibility index (Phi) is 3.23. The van der Waals surface area contributed by atoms with Crippen molar-refractivity contribution in [2.75, 3.05) is 0 Å². The molecule has 0 saturated heterocycles. The molecule has 16 heavy (non-hydrogen) atoms. The summed E-state index contributed by atoms with van der Waals surface area (Å²) >= 11 is 7.26. The lowest BCUT2D eigenvalue weighted by molar-refractivity contribution is 1.10. The zero-order chi connectivity index (χ0) is 11.5. The molecule has 2 aromatic rings. The highest BCUT2D eigenvalue weighted by Crippen LogP contribution is 2.20.